The van der Waals surface area contributed by atoms with Gasteiger partial charge in [0, 0.05) is 79.6 Å². The quantitative estimate of drug-likeness (QED) is 0.389. The summed E-state index contributed by atoms with van der Waals surface area (Å²) in [6.45, 7) is 10.5. The number of aryl methyl sites for hydroxylation is 1. The standard InChI is InChI=1S/C34H41N9O2S/c1-3-29(44)41-13-11-40(12-14-41)22-16-26(37-28(17-22)43-20-23-15-24(43)19-42(23)21-7-4-5-8-21)32-38-33(45-39-32)34(2)10-6-9-27-30(34)25(18-35)31(36)46-27/h3,16-17,21,23-24H,1,4-15,19-20,36H2,2H3/t23?,24-,34?/m0/s1. The third-order valence-corrected chi connectivity index (χ3v) is 12.3. The van der Waals surface area contributed by atoms with Crippen molar-refractivity contribution in [1.82, 2.24) is 24.9 Å². The summed E-state index contributed by atoms with van der Waals surface area (Å²) in [6.07, 6.45) is 10.6. The molecule has 1 amide bonds. The Morgan fingerprint density at radius 1 is 1.13 bits per heavy atom. The van der Waals surface area contributed by atoms with Crippen LogP contribution >= 0.6 is 11.3 Å². The Balaban J connectivity index is 1.13. The highest BCUT2D eigenvalue weighted by Gasteiger charge is 2.47. The maximum Gasteiger partial charge on any atom is 0.246 e. The molecular formula is C34H41N9O2S. The minimum absolute atomic E-state index is 0.0266. The lowest BCUT2D eigenvalue weighted by Gasteiger charge is -2.39. The fourth-order valence-corrected chi connectivity index (χ4v) is 9.97. The molecule has 2 unspecified atom stereocenters. The number of pyridine rings is 1. The van der Waals surface area contributed by atoms with Crippen molar-refractivity contribution in [3.05, 3.63) is 46.7 Å². The lowest BCUT2D eigenvalue weighted by atomic mass is 9.72. The van der Waals surface area contributed by atoms with Gasteiger partial charge in [0.15, 0.2) is 0 Å². The van der Waals surface area contributed by atoms with E-state index in [0.717, 1.165) is 73.4 Å². The third-order valence-electron chi connectivity index (χ3n) is 11.2. The number of nitrogens with zero attached hydrogens (tertiary/aromatic N) is 8. The number of thiophene rings is 1. The molecule has 0 radical (unpaired) electrons. The van der Waals surface area contributed by atoms with E-state index in [0.29, 0.717) is 53.1 Å². The summed E-state index contributed by atoms with van der Waals surface area (Å²) in [5, 5.41) is 15.0. The van der Waals surface area contributed by atoms with Crippen molar-refractivity contribution < 1.29 is 9.32 Å². The van der Waals surface area contributed by atoms with Gasteiger partial charge in [0.2, 0.25) is 17.6 Å². The van der Waals surface area contributed by atoms with Crippen LogP contribution in [0.5, 0.6) is 0 Å². The average Bonchev–Trinajstić information content (AvgIpc) is 3.92. The molecule has 3 aromatic heterocycles. The number of nitrogens with two attached hydrogens (primary N) is 1. The fourth-order valence-electron chi connectivity index (χ4n) is 8.78. The number of anilines is 3. The van der Waals surface area contributed by atoms with Crippen molar-refractivity contribution in [2.75, 3.05) is 54.8 Å². The van der Waals surface area contributed by atoms with E-state index in [2.05, 4.69) is 51.6 Å². The Morgan fingerprint density at radius 2 is 1.93 bits per heavy atom. The average molecular weight is 640 g/mol. The van der Waals surface area contributed by atoms with Crippen LogP contribution in [0.2, 0.25) is 0 Å². The van der Waals surface area contributed by atoms with Crippen LogP contribution in [0.15, 0.2) is 29.3 Å². The van der Waals surface area contributed by atoms with Gasteiger partial charge in [0.25, 0.3) is 0 Å². The summed E-state index contributed by atoms with van der Waals surface area (Å²) < 4.78 is 6.02. The lowest BCUT2D eigenvalue weighted by Crippen LogP contribution is -2.50. The van der Waals surface area contributed by atoms with Crippen LogP contribution in [0.3, 0.4) is 0 Å². The lowest BCUT2D eigenvalue weighted by molar-refractivity contribution is -0.126. The van der Waals surface area contributed by atoms with Gasteiger partial charge in [-0.25, -0.2) is 4.98 Å². The number of piperazine rings is 2. The van der Waals surface area contributed by atoms with E-state index in [1.165, 1.54) is 49.5 Å². The number of hydrogen-bond acceptors (Lipinski definition) is 11. The molecule has 0 aromatic carbocycles. The molecule has 3 aliphatic heterocycles. The van der Waals surface area contributed by atoms with Crippen molar-refractivity contribution >= 4 is 33.8 Å². The first kappa shape index (κ1) is 29.5. The van der Waals surface area contributed by atoms with Gasteiger partial charge in [-0.05, 0) is 57.6 Å². The van der Waals surface area contributed by atoms with Crippen molar-refractivity contribution in [3.8, 4) is 17.6 Å². The summed E-state index contributed by atoms with van der Waals surface area (Å²) in [5.41, 5.74) is 8.88. The predicted molar refractivity (Wildman–Crippen MR) is 178 cm³/mol. The van der Waals surface area contributed by atoms with E-state index in [1.54, 1.807) is 0 Å². The van der Waals surface area contributed by atoms with Gasteiger partial charge in [0.05, 0.1) is 11.0 Å². The van der Waals surface area contributed by atoms with Crippen molar-refractivity contribution in [2.45, 2.75) is 81.8 Å². The monoisotopic (exact) mass is 639 g/mol. The van der Waals surface area contributed by atoms with E-state index in [1.807, 2.05) is 4.90 Å². The van der Waals surface area contributed by atoms with Crippen LogP contribution in [0, 0.1) is 11.3 Å². The minimum Gasteiger partial charge on any atom is -0.389 e. The van der Waals surface area contributed by atoms with Crippen LogP contribution in [0.4, 0.5) is 16.5 Å². The molecule has 11 nitrogen and oxygen atoms in total. The zero-order valence-corrected chi connectivity index (χ0v) is 27.3. The second kappa shape index (κ2) is 11.4. The van der Waals surface area contributed by atoms with Crippen LogP contribution in [-0.4, -0.2) is 88.2 Å². The molecule has 3 atom stereocenters. The molecule has 1 saturated carbocycles. The van der Waals surface area contributed by atoms with Crippen LogP contribution in [-0.2, 0) is 16.6 Å². The van der Waals surface area contributed by atoms with Crippen molar-refractivity contribution in [2.24, 2.45) is 0 Å². The number of aromatic nitrogens is 3. The molecule has 5 aliphatic rings. The number of fused-ring (bicyclic) bond motifs is 3. The first-order valence-corrected chi connectivity index (χ1v) is 17.5. The number of nitriles is 1. The maximum atomic E-state index is 12.3. The number of likely N-dealkylation sites (tertiary alicyclic amines) is 1. The van der Waals surface area contributed by atoms with Crippen LogP contribution in [0.25, 0.3) is 11.5 Å². The summed E-state index contributed by atoms with van der Waals surface area (Å²) in [5.74, 6) is 1.87. The van der Waals surface area contributed by atoms with Crippen molar-refractivity contribution in [1.29, 1.82) is 5.26 Å². The highest BCUT2D eigenvalue weighted by molar-refractivity contribution is 7.16. The summed E-state index contributed by atoms with van der Waals surface area (Å²) in [6, 6.07) is 8.35. The van der Waals surface area contributed by atoms with E-state index in [4.69, 9.17) is 20.2 Å². The second-order valence-corrected chi connectivity index (χ2v) is 14.9. The molecule has 8 rings (SSSR count). The molecule has 6 heterocycles. The summed E-state index contributed by atoms with van der Waals surface area (Å²) in [7, 11) is 0. The Bertz CT molecular complexity index is 1710. The molecule has 2 N–H and O–H groups in total. The van der Waals surface area contributed by atoms with Gasteiger partial charge in [-0.1, -0.05) is 24.6 Å². The SMILES string of the molecule is C=CC(=O)N1CCN(c2cc(-c3noc(C4(C)CCCc5sc(N)c(C#N)c54)n3)nc(N3CC4C[C@H]3CN4C3CCCC3)c2)CC1. The fraction of sp³-hybridized carbons (Fsp3) is 0.559. The summed E-state index contributed by atoms with van der Waals surface area (Å²) >= 11 is 1.50. The van der Waals surface area contributed by atoms with E-state index < -0.39 is 5.41 Å². The molecule has 46 heavy (non-hydrogen) atoms. The molecule has 12 heteroatoms. The van der Waals surface area contributed by atoms with Gasteiger partial charge in [-0.3, -0.25) is 9.69 Å². The molecule has 2 bridgehead atoms. The first-order valence-electron chi connectivity index (χ1n) is 16.7. The minimum atomic E-state index is -0.593. The van der Waals surface area contributed by atoms with E-state index in [9.17, 15) is 10.1 Å². The zero-order chi connectivity index (χ0) is 31.6. The number of amides is 1. The predicted octanol–water partition coefficient (Wildman–Crippen LogP) is 4.33. The highest BCUT2D eigenvalue weighted by atomic mass is 32.1. The van der Waals surface area contributed by atoms with Crippen LogP contribution < -0.4 is 15.5 Å². The molecular weight excluding hydrogens is 599 g/mol. The first-order chi connectivity index (χ1) is 22.4. The molecule has 0 spiro atoms. The molecule has 3 saturated heterocycles. The summed E-state index contributed by atoms with van der Waals surface area (Å²) in [4.78, 5) is 33.0. The van der Waals surface area contributed by atoms with E-state index in [-0.39, 0.29) is 5.91 Å². The van der Waals surface area contributed by atoms with Gasteiger partial charge in [-0.2, -0.15) is 10.2 Å². The zero-order valence-electron chi connectivity index (χ0n) is 26.5. The number of nitrogen functional groups attached to an aromatic ring is 1. The number of rotatable bonds is 6. The molecule has 4 fully saturated rings. The Morgan fingerprint density at radius 3 is 2.65 bits per heavy atom. The Labute approximate surface area is 273 Å². The van der Waals surface area contributed by atoms with Gasteiger partial charge < -0.3 is 25.0 Å². The van der Waals surface area contributed by atoms with Crippen LogP contribution in [0.1, 0.15) is 73.8 Å². The Kier molecular flexibility index (Phi) is 7.29. The molecule has 2 aliphatic carbocycles. The number of carbonyl (C=O) groups excluding carboxylic acids is 1. The van der Waals surface area contributed by atoms with Crippen molar-refractivity contribution in [3.63, 3.8) is 0 Å². The number of carbonyl (C=O) groups is 1. The topological polar surface area (TPSA) is 132 Å². The maximum absolute atomic E-state index is 12.3. The Hall–Kier alpha value is -3.95. The molecule has 3 aromatic rings. The van der Waals surface area contributed by atoms with Gasteiger partial charge in [0.1, 0.15) is 22.6 Å². The second-order valence-electron chi connectivity index (χ2n) is 13.8. The third kappa shape index (κ3) is 4.78. The largest absolute Gasteiger partial charge is 0.389 e. The smallest absolute Gasteiger partial charge is 0.246 e. The molecule has 240 valence electrons. The normalized spacial score (nSPS) is 26.5. The van der Waals surface area contributed by atoms with Gasteiger partial charge >= 0.3 is 0 Å². The number of hydrogen-bond donors (Lipinski definition) is 1. The highest BCUT2D eigenvalue weighted by Crippen LogP contribution is 2.49. The van der Waals surface area contributed by atoms with Gasteiger partial charge in [-0.15, -0.1) is 11.3 Å². The van der Waals surface area contributed by atoms with E-state index >= 15 is 0 Å².